The van der Waals surface area contributed by atoms with Crippen molar-refractivity contribution < 1.29 is 27.5 Å². The molecule has 9 heteroatoms. The van der Waals surface area contributed by atoms with Gasteiger partial charge in [-0.1, -0.05) is 29.3 Å². The van der Waals surface area contributed by atoms with Crippen LogP contribution in [-0.2, 0) is 22.1 Å². The first-order valence-electron chi connectivity index (χ1n) is 7.62. The predicted molar refractivity (Wildman–Crippen MR) is 94.9 cm³/mol. The Balaban J connectivity index is 2.21. The summed E-state index contributed by atoms with van der Waals surface area (Å²) >= 11 is 12.2. The maximum absolute atomic E-state index is 12.6. The Morgan fingerprint density at radius 3 is 2.11 bits per heavy atom. The van der Waals surface area contributed by atoms with Crippen molar-refractivity contribution in [3.8, 4) is 0 Å². The van der Waals surface area contributed by atoms with Crippen molar-refractivity contribution in [1.82, 2.24) is 5.32 Å². The third-order valence-corrected chi connectivity index (χ3v) is 4.44. The van der Waals surface area contributed by atoms with Gasteiger partial charge >= 0.3 is 12.1 Å². The first-order valence-corrected chi connectivity index (χ1v) is 8.38. The van der Waals surface area contributed by atoms with Crippen LogP contribution in [0.15, 0.2) is 42.5 Å². The Morgan fingerprint density at radius 1 is 1.07 bits per heavy atom. The molecule has 1 N–H and O–H groups in total. The number of ether oxygens (including phenoxy) is 1. The zero-order chi connectivity index (χ0) is 20.2. The summed E-state index contributed by atoms with van der Waals surface area (Å²) in [7, 11) is 1.15. The first-order chi connectivity index (χ1) is 12.6. The number of halogens is 5. The predicted octanol–water partition coefficient (Wildman–Crippen LogP) is 4.53. The van der Waals surface area contributed by atoms with Crippen LogP contribution in [0.2, 0.25) is 10.0 Å². The van der Waals surface area contributed by atoms with Crippen molar-refractivity contribution in [2.45, 2.75) is 18.6 Å². The maximum Gasteiger partial charge on any atom is 0.416 e. The topological polar surface area (TPSA) is 55.4 Å². The second-order valence-corrected chi connectivity index (χ2v) is 6.34. The lowest BCUT2D eigenvalue weighted by Crippen LogP contribution is -2.43. The summed E-state index contributed by atoms with van der Waals surface area (Å²) in [5, 5.41) is 3.04. The monoisotopic (exact) mass is 419 g/mol. The number of nitrogens with one attached hydrogen (secondary N) is 1. The normalized spacial score (nSPS) is 12.4. The SMILES string of the molecule is COC(=O)[C@H](Cc1c(Cl)cccc1Cl)NC(=O)c1ccc(C(F)(F)F)cc1. The standard InChI is InChI=1S/C18H14Cl2F3NO3/c1-27-17(26)15(9-12-13(19)3-2-4-14(12)20)24-16(25)10-5-7-11(8-6-10)18(21,22)23/h2-8,15H,9H2,1H3,(H,24,25)/t15-/m0/s1. The molecule has 144 valence electrons. The molecule has 1 atom stereocenters. The third-order valence-electron chi connectivity index (χ3n) is 3.74. The van der Waals surface area contributed by atoms with Gasteiger partial charge in [0.05, 0.1) is 12.7 Å². The Morgan fingerprint density at radius 2 is 1.63 bits per heavy atom. The van der Waals surface area contributed by atoms with Crippen molar-refractivity contribution in [1.29, 1.82) is 0 Å². The zero-order valence-electron chi connectivity index (χ0n) is 13.9. The summed E-state index contributed by atoms with van der Waals surface area (Å²) in [5.41, 5.74) is -0.488. The summed E-state index contributed by atoms with van der Waals surface area (Å²) in [4.78, 5) is 24.3. The number of carbonyl (C=O) groups excluding carboxylic acids is 2. The number of methoxy groups -OCH3 is 1. The molecule has 2 aromatic rings. The molecule has 27 heavy (non-hydrogen) atoms. The number of hydrogen-bond donors (Lipinski definition) is 1. The number of alkyl halides is 3. The van der Waals surface area contributed by atoms with E-state index >= 15 is 0 Å². The van der Waals surface area contributed by atoms with Gasteiger partial charge in [-0.25, -0.2) is 4.79 Å². The van der Waals surface area contributed by atoms with E-state index in [1.165, 1.54) is 0 Å². The highest BCUT2D eigenvalue weighted by atomic mass is 35.5. The lowest BCUT2D eigenvalue weighted by atomic mass is 10.0. The van der Waals surface area contributed by atoms with E-state index in [9.17, 15) is 22.8 Å². The number of esters is 1. The van der Waals surface area contributed by atoms with Gasteiger partial charge in [0.15, 0.2) is 0 Å². The van der Waals surface area contributed by atoms with Crippen LogP contribution in [0.1, 0.15) is 21.5 Å². The van der Waals surface area contributed by atoms with Crippen LogP contribution in [0.25, 0.3) is 0 Å². The lowest BCUT2D eigenvalue weighted by Gasteiger charge is -2.18. The highest BCUT2D eigenvalue weighted by Gasteiger charge is 2.30. The van der Waals surface area contributed by atoms with E-state index in [0.29, 0.717) is 15.6 Å². The van der Waals surface area contributed by atoms with Gasteiger partial charge in [0, 0.05) is 22.0 Å². The van der Waals surface area contributed by atoms with Crippen LogP contribution in [0.3, 0.4) is 0 Å². The molecule has 0 saturated heterocycles. The largest absolute Gasteiger partial charge is 0.467 e. The van der Waals surface area contributed by atoms with Gasteiger partial charge in [-0.3, -0.25) is 4.79 Å². The molecular formula is C18H14Cl2F3NO3. The fourth-order valence-electron chi connectivity index (χ4n) is 2.32. The average molecular weight is 420 g/mol. The van der Waals surface area contributed by atoms with Crippen molar-refractivity contribution in [3.05, 3.63) is 69.2 Å². The first kappa shape index (κ1) is 21.1. The van der Waals surface area contributed by atoms with Gasteiger partial charge in [0.2, 0.25) is 0 Å². The molecule has 2 aromatic carbocycles. The average Bonchev–Trinajstić information content (AvgIpc) is 2.62. The van der Waals surface area contributed by atoms with Crippen molar-refractivity contribution in [2.24, 2.45) is 0 Å². The minimum Gasteiger partial charge on any atom is -0.467 e. The number of amides is 1. The van der Waals surface area contributed by atoms with E-state index in [0.717, 1.165) is 31.4 Å². The molecule has 0 aliphatic rings. The number of rotatable bonds is 5. The van der Waals surface area contributed by atoms with Gasteiger partial charge in [0.25, 0.3) is 5.91 Å². The summed E-state index contributed by atoms with van der Waals surface area (Å²) in [6, 6.07) is 7.28. The quantitative estimate of drug-likeness (QED) is 0.724. The van der Waals surface area contributed by atoms with Gasteiger partial charge in [-0.05, 0) is 42.0 Å². The molecule has 0 unspecified atom stereocenters. The minimum absolute atomic E-state index is 0.0397. The van der Waals surface area contributed by atoms with E-state index < -0.39 is 29.7 Å². The fourth-order valence-corrected chi connectivity index (χ4v) is 2.87. The van der Waals surface area contributed by atoms with Crippen molar-refractivity contribution >= 4 is 35.1 Å². The second kappa shape index (κ2) is 8.63. The molecule has 0 fully saturated rings. The molecule has 0 aromatic heterocycles. The second-order valence-electron chi connectivity index (χ2n) is 5.53. The van der Waals surface area contributed by atoms with Gasteiger partial charge in [0.1, 0.15) is 6.04 Å². The molecule has 0 bridgehead atoms. The maximum atomic E-state index is 12.6. The van der Waals surface area contributed by atoms with Gasteiger partial charge in [-0.2, -0.15) is 13.2 Å². The minimum atomic E-state index is -4.51. The van der Waals surface area contributed by atoms with Crippen LogP contribution < -0.4 is 5.32 Å². The molecule has 0 spiro atoms. The molecule has 0 aliphatic heterocycles. The number of hydrogen-bond acceptors (Lipinski definition) is 3. The van der Waals surface area contributed by atoms with Crippen molar-refractivity contribution in [3.63, 3.8) is 0 Å². The van der Waals surface area contributed by atoms with Crippen LogP contribution in [-0.4, -0.2) is 25.0 Å². The zero-order valence-corrected chi connectivity index (χ0v) is 15.5. The van der Waals surface area contributed by atoms with Crippen LogP contribution >= 0.6 is 23.2 Å². The molecule has 0 radical (unpaired) electrons. The summed E-state index contributed by atoms with van der Waals surface area (Å²) in [6.07, 6.45) is -4.55. The highest BCUT2D eigenvalue weighted by molar-refractivity contribution is 6.36. The van der Waals surface area contributed by atoms with E-state index in [2.05, 4.69) is 10.1 Å². The molecule has 2 rings (SSSR count). The molecule has 0 heterocycles. The lowest BCUT2D eigenvalue weighted by molar-refractivity contribution is -0.142. The van der Waals surface area contributed by atoms with E-state index in [4.69, 9.17) is 23.2 Å². The Labute approximate surface area is 163 Å². The molecule has 0 aliphatic carbocycles. The molecule has 4 nitrogen and oxygen atoms in total. The Kier molecular flexibility index (Phi) is 6.73. The smallest absolute Gasteiger partial charge is 0.416 e. The summed E-state index contributed by atoms with van der Waals surface area (Å²) in [6.45, 7) is 0. The molecule has 0 saturated carbocycles. The third kappa shape index (κ3) is 5.37. The van der Waals surface area contributed by atoms with Crippen LogP contribution in [0.5, 0.6) is 0 Å². The highest BCUT2D eigenvalue weighted by Crippen LogP contribution is 2.29. The van der Waals surface area contributed by atoms with E-state index in [-0.39, 0.29) is 12.0 Å². The van der Waals surface area contributed by atoms with Crippen LogP contribution in [0, 0.1) is 0 Å². The van der Waals surface area contributed by atoms with Crippen LogP contribution in [0.4, 0.5) is 13.2 Å². The summed E-state index contributed by atoms with van der Waals surface area (Å²) < 4.78 is 42.5. The molecular weight excluding hydrogens is 406 g/mol. The molecule has 1 amide bonds. The van der Waals surface area contributed by atoms with Gasteiger partial charge < -0.3 is 10.1 Å². The van der Waals surface area contributed by atoms with E-state index in [1.807, 2.05) is 0 Å². The number of benzene rings is 2. The summed E-state index contributed by atoms with van der Waals surface area (Å²) in [5.74, 6) is -1.48. The fraction of sp³-hybridized carbons (Fsp3) is 0.222. The Hall–Kier alpha value is -2.25. The van der Waals surface area contributed by atoms with Gasteiger partial charge in [-0.15, -0.1) is 0 Å². The Bertz CT molecular complexity index is 818. The van der Waals surface area contributed by atoms with E-state index in [1.54, 1.807) is 18.2 Å². The van der Waals surface area contributed by atoms with Crippen molar-refractivity contribution in [2.75, 3.05) is 7.11 Å². The number of carbonyl (C=O) groups is 2.